The SMILES string of the molecule is O=C(OCc1cccc(C(F)(F)F)c1)C(=Cc1ccccc1F)C(O)c1cccnc1. The summed E-state index contributed by atoms with van der Waals surface area (Å²) in [5, 5.41) is 10.7. The molecule has 0 bridgehead atoms. The number of hydrogen-bond acceptors (Lipinski definition) is 4. The van der Waals surface area contributed by atoms with E-state index in [-0.39, 0.29) is 22.3 Å². The van der Waals surface area contributed by atoms with Crippen molar-refractivity contribution >= 4 is 12.0 Å². The van der Waals surface area contributed by atoms with Crippen LogP contribution in [0.5, 0.6) is 0 Å². The maximum atomic E-state index is 14.1. The molecule has 3 rings (SSSR count). The Morgan fingerprint density at radius 2 is 1.87 bits per heavy atom. The number of nitrogens with zero attached hydrogens (tertiary/aromatic N) is 1. The van der Waals surface area contributed by atoms with Gasteiger partial charge in [-0.2, -0.15) is 13.2 Å². The molecule has 31 heavy (non-hydrogen) atoms. The second-order valence-corrected chi connectivity index (χ2v) is 6.58. The molecule has 0 spiro atoms. The molecule has 0 aliphatic carbocycles. The van der Waals surface area contributed by atoms with Gasteiger partial charge in [0, 0.05) is 23.5 Å². The van der Waals surface area contributed by atoms with Gasteiger partial charge in [-0.05, 0) is 35.9 Å². The fraction of sp³-hybridized carbons (Fsp3) is 0.130. The first kappa shape index (κ1) is 22.2. The highest BCUT2D eigenvalue weighted by Gasteiger charge is 2.30. The molecule has 0 amide bonds. The topological polar surface area (TPSA) is 59.4 Å². The minimum atomic E-state index is -4.54. The van der Waals surface area contributed by atoms with E-state index in [1.54, 1.807) is 12.1 Å². The number of aromatic nitrogens is 1. The van der Waals surface area contributed by atoms with E-state index in [0.29, 0.717) is 0 Å². The maximum Gasteiger partial charge on any atom is 0.416 e. The largest absolute Gasteiger partial charge is 0.457 e. The van der Waals surface area contributed by atoms with E-state index < -0.39 is 36.2 Å². The summed E-state index contributed by atoms with van der Waals surface area (Å²) in [6.45, 7) is -0.461. The lowest BCUT2D eigenvalue weighted by Gasteiger charge is -2.15. The quantitative estimate of drug-likeness (QED) is 0.335. The first-order valence-electron chi connectivity index (χ1n) is 9.13. The van der Waals surface area contributed by atoms with E-state index in [1.807, 2.05) is 0 Å². The Bertz CT molecular complexity index is 1080. The van der Waals surface area contributed by atoms with Crippen molar-refractivity contribution in [2.75, 3.05) is 0 Å². The van der Waals surface area contributed by atoms with Crippen LogP contribution in [-0.4, -0.2) is 16.1 Å². The number of esters is 1. The number of benzene rings is 2. The molecular weight excluding hydrogens is 414 g/mol. The van der Waals surface area contributed by atoms with Crippen molar-refractivity contribution in [3.63, 3.8) is 0 Å². The van der Waals surface area contributed by atoms with Gasteiger partial charge in [-0.15, -0.1) is 0 Å². The number of pyridine rings is 1. The minimum absolute atomic E-state index is 0.0384. The van der Waals surface area contributed by atoms with E-state index in [4.69, 9.17) is 4.74 Å². The summed E-state index contributed by atoms with van der Waals surface area (Å²) in [7, 11) is 0. The molecule has 0 fully saturated rings. The van der Waals surface area contributed by atoms with Crippen LogP contribution in [0.2, 0.25) is 0 Å². The number of carbonyl (C=O) groups is 1. The number of hydrogen-bond donors (Lipinski definition) is 1. The lowest BCUT2D eigenvalue weighted by molar-refractivity contribution is -0.141. The third-order valence-electron chi connectivity index (χ3n) is 4.37. The standard InChI is InChI=1S/C23H17F4NO3/c24-20-9-2-1-6-16(20)12-19(21(29)17-7-4-10-28-13-17)22(30)31-14-15-5-3-8-18(11-15)23(25,26)27/h1-13,21,29H,14H2. The van der Waals surface area contributed by atoms with Gasteiger partial charge in [0.05, 0.1) is 11.1 Å². The zero-order valence-electron chi connectivity index (χ0n) is 16.0. The van der Waals surface area contributed by atoms with Gasteiger partial charge in [0.1, 0.15) is 18.5 Å². The Hall–Kier alpha value is -3.52. The molecule has 0 aliphatic rings. The maximum absolute atomic E-state index is 14.1. The smallest absolute Gasteiger partial charge is 0.416 e. The van der Waals surface area contributed by atoms with Gasteiger partial charge < -0.3 is 9.84 Å². The summed E-state index contributed by atoms with van der Waals surface area (Å²) >= 11 is 0. The van der Waals surface area contributed by atoms with Crippen LogP contribution in [-0.2, 0) is 22.3 Å². The normalized spacial score (nSPS) is 13.0. The van der Waals surface area contributed by atoms with Gasteiger partial charge in [0.15, 0.2) is 0 Å². The van der Waals surface area contributed by atoms with Crippen molar-refractivity contribution in [2.45, 2.75) is 18.9 Å². The van der Waals surface area contributed by atoms with E-state index in [1.165, 1.54) is 48.8 Å². The zero-order valence-corrected chi connectivity index (χ0v) is 16.0. The Kier molecular flexibility index (Phi) is 6.81. The summed E-state index contributed by atoms with van der Waals surface area (Å²) in [6.07, 6.45) is -2.07. The Labute approximate surface area is 175 Å². The molecule has 0 radical (unpaired) electrons. The van der Waals surface area contributed by atoms with Crippen molar-refractivity contribution in [3.05, 3.63) is 107 Å². The molecule has 3 aromatic rings. The number of aliphatic hydroxyl groups excluding tert-OH is 1. The molecule has 160 valence electrons. The summed E-state index contributed by atoms with van der Waals surface area (Å²) in [5.41, 5.74) is -0.745. The second-order valence-electron chi connectivity index (χ2n) is 6.58. The van der Waals surface area contributed by atoms with Gasteiger partial charge in [-0.1, -0.05) is 36.4 Å². The van der Waals surface area contributed by atoms with Crippen LogP contribution < -0.4 is 0 Å². The third kappa shape index (κ3) is 5.76. The van der Waals surface area contributed by atoms with E-state index >= 15 is 0 Å². The first-order chi connectivity index (χ1) is 14.8. The molecule has 1 atom stereocenters. The van der Waals surface area contributed by atoms with Crippen molar-refractivity contribution < 1.29 is 32.2 Å². The van der Waals surface area contributed by atoms with Crippen molar-refractivity contribution in [3.8, 4) is 0 Å². The summed E-state index contributed by atoms with van der Waals surface area (Å²) < 4.78 is 57.9. The molecule has 8 heteroatoms. The summed E-state index contributed by atoms with van der Waals surface area (Å²) in [4.78, 5) is 16.6. The van der Waals surface area contributed by atoms with Crippen molar-refractivity contribution in [1.82, 2.24) is 4.98 Å². The molecule has 1 unspecified atom stereocenters. The lowest BCUT2D eigenvalue weighted by Crippen LogP contribution is -2.15. The fourth-order valence-electron chi connectivity index (χ4n) is 2.80. The van der Waals surface area contributed by atoms with Crippen LogP contribution in [0.1, 0.15) is 28.4 Å². The molecule has 1 heterocycles. The van der Waals surface area contributed by atoms with Gasteiger partial charge in [0.25, 0.3) is 0 Å². The average molecular weight is 431 g/mol. The van der Waals surface area contributed by atoms with Gasteiger partial charge in [-0.3, -0.25) is 4.98 Å². The van der Waals surface area contributed by atoms with E-state index in [2.05, 4.69) is 4.98 Å². The zero-order chi connectivity index (χ0) is 22.4. The highest BCUT2D eigenvalue weighted by Crippen LogP contribution is 2.30. The van der Waals surface area contributed by atoms with Crippen LogP contribution in [0.4, 0.5) is 17.6 Å². The predicted molar refractivity (Wildman–Crippen MR) is 105 cm³/mol. The van der Waals surface area contributed by atoms with Crippen LogP contribution in [0, 0.1) is 5.82 Å². The molecule has 0 saturated carbocycles. The second kappa shape index (κ2) is 9.53. The number of halogens is 4. The molecule has 2 aromatic carbocycles. The van der Waals surface area contributed by atoms with Gasteiger partial charge in [-0.25, -0.2) is 9.18 Å². The highest BCUT2D eigenvalue weighted by molar-refractivity contribution is 5.95. The van der Waals surface area contributed by atoms with Crippen molar-refractivity contribution in [1.29, 1.82) is 0 Å². The van der Waals surface area contributed by atoms with Crippen LogP contribution >= 0.6 is 0 Å². The van der Waals surface area contributed by atoms with Gasteiger partial charge >= 0.3 is 12.1 Å². The summed E-state index contributed by atoms with van der Waals surface area (Å²) in [6, 6.07) is 13.0. The number of ether oxygens (including phenoxy) is 1. The van der Waals surface area contributed by atoms with Crippen LogP contribution in [0.25, 0.3) is 6.08 Å². The monoisotopic (exact) mass is 431 g/mol. The van der Waals surface area contributed by atoms with E-state index in [9.17, 15) is 27.5 Å². The molecule has 0 aliphatic heterocycles. The molecule has 4 nitrogen and oxygen atoms in total. The molecular formula is C23H17F4NO3. The first-order valence-corrected chi connectivity index (χ1v) is 9.13. The van der Waals surface area contributed by atoms with Gasteiger partial charge in [0.2, 0.25) is 0 Å². The van der Waals surface area contributed by atoms with Crippen LogP contribution in [0.15, 0.2) is 78.6 Å². The molecule has 1 N–H and O–H groups in total. The highest BCUT2D eigenvalue weighted by atomic mass is 19.4. The minimum Gasteiger partial charge on any atom is -0.457 e. The molecule has 1 aromatic heterocycles. The number of aliphatic hydroxyl groups is 1. The average Bonchev–Trinajstić information content (AvgIpc) is 2.77. The van der Waals surface area contributed by atoms with Crippen molar-refractivity contribution in [2.24, 2.45) is 0 Å². The van der Waals surface area contributed by atoms with Crippen LogP contribution in [0.3, 0.4) is 0 Å². The number of alkyl halides is 3. The number of rotatable bonds is 6. The molecule has 0 saturated heterocycles. The fourth-order valence-corrected chi connectivity index (χ4v) is 2.80. The van der Waals surface area contributed by atoms with E-state index in [0.717, 1.165) is 18.2 Å². The third-order valence-corrected chi connectivity index (χ3v) is 4.37. The number of carbonyl (C=O) groups excluding carboxylic acids is 1. The lowest BCUT2D eigenvalue weighted by atomic mass is 10.0. The Morgan fingerprint density at radius 3 is 2.55 bits per heavy atom. The predicted octanol–water partition coefficient (Wildman–Crippen LogP) is 5.10. The Balaban J connectivity index is 1.87. The summed E-state index contributed by atoms with van der Waals surface area (Å²) in [5.74, 6) is -1.62. The Morgan fingerprint density at radius 1 is 1.10 bits per heavy atom.